The summed E-state index contributed by atoms with van der Waals surface area (Å²) < 4.78 is 0. The number of hydrogen-bond donors (Lipinski definition) is 2. The Kier molecular flexibility index (Phi) is 3.22. The van der Waals surface area contributed by atoms with Crippen molar-refractivity contribution >= 4 is 5.97 Å². The predicted octanol–water partition coefficient (Wildman–Crippen LogP) is 0.924. The third-order valence-electron chi connectivity index (χ3n) is 4.12. The van der Waals surface area contributed by atoms with Crippen LogP contribution < -0.4 is 5.32 Å². The number of nitrogens with zero attached hydrogens (tertiary/aromatic N) is 1. The molecule has 2 N–H and O–H groups in total. The van der Waals surface area contributed by atoms with Crippen molar-refractivity contribution in [2.24, 2.45) is 5.92 Å². The van der Waals surface area contributed by atoms with Gasteiger partial charge in [0.25, 0.3) is 0 Å². The molecule has 2 atom stereocenters. The first kappa shape index (κ1) is 11.9. The van der Waals surface area contributed by atoms with Gasteiger partial charge in [0.1, 0.15) is 0 Å². The number of nitrogens with one attached hydrogen (secondary N) is 1. The van der Waals surface area contributed by atoms with Crippen LogP contribution in [0.2, 0.25) is 0 Å². The van der Waals surface area contributed by atoms with E-state index >= 15 is 0 Å². The molecule has 92 valence electrons. The Morgan fingerprint density at radius 3 is 2.62 bits per heavy atom. The lowest BCUT2D eigenvalue weighted by molar-refractivity contribution is -0.143. The molecule has 0 bridgehead atoms. The van der Waals surface area contributed by atoms with Crippen LogP contribution in [0.4, 0.5) is 0 Å². The number of carboxylic acid groups (broad SMARTS) is 1. The molecular formula is C12H22N2O2. The molecule has 2 fully saturated rings. The Hall–Kier alpha value is -0.610. The van der Waals surface area contributed by atoms with Crippen molar-refractivity contribution in [3.8, 4) is 0 Å². The van der Waals surface area contributed by atoms with E-state index in [9.17, 15) is 4.79 Å². The van der Waals surface area contributed by atoms with E-state index in [0.29, 0.717) is 12.0 Å². The maximum absolute atomic E-state index is 11.0. The van der Waals surface area contributed by atoms with Gasteiger partial charge in [-0.2, -0.15) is 0 Å². The average Bonchev–Trinajstić information content (AvgIpc) is 2.15. The Bertz CT molecular complexity index is 276. The van der Waals surface area contributed by atoms with Crippen LogP contribution in [0.1, 0.15) is 33.1 Å². The molecule has 2 rings (SSSR count). The molecule has 0 saturated carbocycles. The number of carbonyl (C=O) groups is 1. The van der Waals surface area contributed by atoms with E-state index in [4.69, 9.17) is 5.11 Å². The standard InChI is InChI=1S/C12H22N2O2/c1-9-3-4-10(2)14(6-9)12(5-11(15)16)7-13-8-12/h9-10,13H,3-8H2,1-2H3,(H,15,16). The summed E-state index contributed by atoms with van der Waals surface area (Å²) >= 11 is 0. The third kappa shape index (κ3) is 2.09. The van der Waals surface area contributed by atoms with Gasteiger partial charge in [0, 0.05) is 25.7 Å². The zero-order valence-electron chi connectivity index (χ0n) is 10.2. The number of aliphatic carboxylic acids is 1. The fourth-order valence-electron chi connectivity index (χ4n) is 3.07. The first-order valence-electron chi connectivity index (χ1n) is 6.23. The third-order valence-corrected chi connectivity index (χ3v) is 4.12. The van der Waals surface area contributed by atoms with Gasteiger partial charge in [0.05, 0.1) is 12.0 Å². The highest BCUT2D eigenvalue weighted by Gasteiger charge is 2.47. The molecular weight excluding hydrogens is 204 g/mol. The average molecular weight is 226 g/mol. The fourth-order valence-corrected chi connectivity index (χ4v) is 3.07. The molecule has 0 amide bonds. The van der Waals surface area contributed by atoms with Crippen molar-refractivity contribution in [2.75, 3.05) is 19.6 Å². The van der Waals surface area contributed by atoms with E-state index in [1.165, 1.54) is 12.8 Å². The minimum absolute atomic E-state index is 0.111. The molecule has 2 unspecified atom stereocenters. The maximum atomic E-state index is 11.0. The minimum Gasteiger partial charge on any atom is -0.481 e. The summed E-state index contributed by atoms with van der Waals surface area (Å²) in [5.41, 5.74) is -0.111. The number of carboxylic acids is 1. The zero-order chi connectivity index (χ0) is 11.8. The largest absolute Gasteiger partial charge is 0.481 e. The second kappa shape index (κ2) is 4.34. The van der Waals surface area contributed by atoms with Crippen molar-refractivity contribution in [3.05, 3.63) is 0 Å². The van der Waals surface area contributed by atoms with Gasteiger partial charge >= 0.3 is 5.97 Å². The molecule has 2 aliphatic heterocycles. The highest BCUT2D eigenvalue weighted by molar-refractivity contribution is 5.69. The van der Waals surface area contributed by atoms with Crippen LogP contribution in [-0.4, -0.2) is 47.2 Å². The van der Waals surface area contributed by atoms with Gasteiger partial charge in [0.2, 0.25) is 0 Å². The lowest BCUT2D eigenvalue weighted by Gasteiger charge is -2.55. The normalized spacial score (nSPS) is 34.4. The summed E-state index contributed by atoms with van der Waals surface area (Å²) in [6.45, 7) is 7.20. The van der Waals surface area contributed by atoms with Crippen LogP contribution in [0.3, 0.4) is 0 Å². The van der Waals surface area contributed by atoms with Gasteiger partial charge in [-0.15, -0.1) is 0 Å². The SMILES string of the molecule is CC1CCC(C)N(C2(CC(=O)O)CNC2)C1. The lowest BCUT2D eigenvalue weighted by Crippen LogP contribution is -2.72. The van der Waals surface area contributed by atoms with Crippen molar-refractivity contribution in [1.82, 2.24) is 10.2 Å². The van der Waals surface area contributed by atoms with Crippen molar-refractivity contribution in [2.45, 2.75) is 44.7 Å². The van der Waals surface area contributed by atoms with Crippen LogP contribution in [0.25, 0.3) is 0 Å². The highest BCUT2D eigenvalue weighted by atomic mass is 16.4. The maximum Gasteiger partial charge on any atom is 0.305 e. The monoisotopic (exact) mass is 226 g/mol. The molecule has 0 aromatic carbocycles. The summed E-state index contributed by atoms with van der Waals surface area (Å²) in [5, 5.41) is 12.3. The topological polar surface area (TPSA) is 52.6 Å². The quantitative estimate of drug-likeness (QED) is 0.751. The molecule has 0 aromatic heterocycles. The zero-order valence-corrected chi connectivity index (χ0v) is 10.2. The number of piperidine rings is 1. The summed E-state index contributed by atoms with van der Waals surface area (Å²) in [4.78, 5) is 13.4. The predicted molar refractivity (Wildman–Crippen MR) is 62.4 cm³/mol. The molecule has 0 aliphatic carbocycles. The Labute approximate surface area is 97.0 Å². The van der Waals surface area contributed by atoms with E-state index in [0.717, 1.165) is 19.6 Å². The molecule has 2 heterocycles. The summed E-state index contributed by atoms with van der Waals surface area (Å²) in [6.07, 6.45) is 2.74. The van der Waals surface area contributed by atoms with Gasteiger partial charge in [-0.1, -0.05) is 6.92 Å². The van der Waals surface area contributed by atoms with Crippen LogP contribution in [-0.2, 0) is 4.79 Å². The van der Waals surface area contributed by atoms with Gasteiger partial charge in [0.15, 0.2) is 0 Å². The van der Waals surface area contributed by atoms with Crippen molar-refractivity contribution < 1.29 is 9.90 Å². The minimum atomic E-state index is -0.674. The van der Waals surface area contributed by atoms with Crippen molar-refractivity contribution in [1.29, 1.82) is 0 Å². The highest BCUT2D eigenvalue weighted by Crippen LogP contribution is 2.33. The molecule has 0 aromatic rings. The Morgan fingerprint density at radius 1 is 1.44 bits per heavy atom. The van der Waals surface area contributed by atoms with Gasteiger partial charge in [-0.3, -0.25) is 9.69 Å². The smallest absolute Gasteiger partial charge is 0.305 e. The first-order chi connectivity index (χ1) is 7.53. The Balaban J connectivity index is 2.09. The molecule has 4 nitrogen and oxygen atoms in total. The fraction of sp³-hybridized carbons (Fsp3) is 0.917. The molecule has 2 aliphatic rings. The first-order valence-corrected chi connectivity index (χ1v) is 6.23. The van der Waals surface area contributed by atoms with Gasteiger partial charge in [-0.25, -0.2) is 0 Å². The number of rotatable bonds is 3. The second-order valence-electron chi connectivity index (χ2n) is 5.58. The summed E-state index contributed by atoms with van der Waals surface area (Å²) in [7, 11) is 0. The van der Waals surface area contributed by atoms with E-state index < -0.39 is 5.97 Å². The summed E-state index contributed by atoms with van der Waals surface area (Å²) in [6, 6.07) is 0.526. The van der Waals surface area contributed by atoms with Crippen LogP contribution in [0.15, 0.2) is 0 Å². The molecule has 0 spiro atoms. The lowest BCUT2D eigenvalue weighted by atomic mass is 9.81. The molecule has 0 radical (unpaired) electrons. The van der Waals surface area contributed by atoms with E-state index in [-0.39, 0.29) is 12.0 Å². The molecule has 16 heavy (non-hydrogen) atoms. The Morgan fingerprint density at radius 2 is 2.12 bits per heavy atom. The van der Waals surface area contributed by atoms with Gasteiger partial charge in [-0.05, 0) is 25.7 Å². The number of likely N-dealkylation sites (tertiary alicyclic amines) is 1. The number of hydrogen-bond acceptors (Lipinski definition) is 3. The molecule has 4 heteroatoms. The van der Waals surface area contributed by atoms with E-state index in [2.05, 4.69) is 24.1 Å². The van der Waals surface area contributed by atoms with Crippen molar-refractivity contribution in [3.63, 3.8) is 0 Å². The summed E-state index contributed by atoms with van der Waals surface area (Å²) in [5.74, 6) is 0.0226. The van der Waals surface area contributed by atoms with Crippen LogP contribution >= 0.6 is 0 Å². The van der Waals surface area contributed by atoms with E-state index in [1.54, 1.807) is 0 Å². The molecule has 2 saturated heterocycles. The van der Waals surface area contributed by atoms with Gasteiger partial charge < -0.3 is 10.4 Å². The van der Waals surface area contributed by atoms with Crippen LogP contribution in [0, 0.1) is 5.92 Å². The van der Waals surface area contributed by atoms with E-state index in [1.807, 2.05) is 0 Å². The second-order valence-corrected chi connectivity index (χ2v) is 5.58. The van der Waals surface area contributed by atoms with Crippen LogP contribution in [0.5, 0.6) is 0 Å².